The molecular weight excluding hydrogens is 398 g/mol. The van der Waals surface area contributed by atoms with Crippen molar-refractivity contribution in [2.75, 3.05) is 19.1 Å². The summed E-state index contributed by atoms with van der Waals surface area (Å²) in [5.74, 6) is 10.7. The molecule has 0 heterocycles. The number of benzene rings is 2. The molecule has 0 saturated carbocycles. The van der Waals surface area contributed by atoms with Crippen LogP contribution in [0.2, 0.25) is 5.02 Å². The van der Waals surface area contributed by atoms with Crippen LogP contribution in [0.1, 0.15) is 5.56 Å². The zero-order chi connectivity index (χ0) is 21.3. The number of anilines is 1. The minimum absolute atomic E-state index is 0.00818. The number of rotatable bonds is 7. The van der Waals surface area contributed by atoms with Crippen molar-refractivity contribution in [3.05, 3.63) is 47.0 Å². The van der Waals surface area contributed by atoms with E-state index in [0.717, 1.165) is 5.01 Å². The van der Waals surface area contributed by atoms with Gasteiger partial charge in [-0.1, -0.05) is 17.7 Å². The Morgan fingerprint density at radius 1 is 1.21 bits per heavy atom. The lowest BCUT2D eigenvalue weighted by Crippen LogP contribution is -2.27. The van der Waals surface area contributed by atoms with Crippen molar-refractivity contribution in [2.45, 2.75) is 13.2 Å². The van der Waals surface area contributed by atoms with Gasteiger partial charge in [0.05, 0.1) is 16.3 Å². The minimum atomic E-state index is -2.97. The number of carbonyl (C=O) groups excluding carboxylic acids is 1. The molecule has 2 rings (SSSR count). The number of alkyl halides is 2. The van der Waals surface area contributed by atoms with Crippen molar-refractivity contribution in [2.24, 2.45) is 11.7 Å². The maximum atomic E-state index is 12.5. The smallest absolute Gasteiger partial charge is 0.387 e. The summed E-state index contributed by atoms with van der Waals surface area (Å²) in [6.45, 7) is -3.06. The highest BCUT2D eigenvalue weighted by Crippen LogP contribution is 2.33. The van der Waals surface area contributed by atoms with Crippen molar-refractivity contribution >= 4 is 23.7 Å². The van der Waals surface area contributed by atoms with E-state index in [0.29, 0.717) is 23.4 Å². The zero-order valence-corrected chi connectivity index (χ0v) is 15.9. The van der Waals surface area contributed by atoms with Crippen molar-refractivity contribution in [1.82, 2.24) is 5.01 Å². The van der Waals surface area contributed by atoms with Crippen LogP contribution in [0, 0.1) is 0 Å². The summed E-state index contributed by atoms with van der Waals surface area (Å²) < 4.78 is 35.1. The maximum absolute atomic E-state index is 12.5. The number of hydrogen-bond donors (Lipinski definition) is 3. The third kappa shape index (κ3) is 7.43. The van der Waals surface area contributed by atoms with Crippen LogP contribution in [-0.2, 0) is 11.4 Å². The molecule has 0 aliphatic carbocycles. The topological polar surface area (TPSA) is 114 Å². The molecule has 0 spiro atoms. The fourth-order valence-electron chi connectivity index (χ4n) is 1.99. The quantitative estimate of drug-likeness (QED) is 0.274. The monoisotopic (exact) mass is 418 g/mol. The molecule has 0 radical (unpaired) electrons. The highest BCUT2D eigenvalue weighted by molar-refractivity contribution is 6.32. The number of amides is 1. The Balaban J connectivity index is 0.000000696. The van der Waals surface area contributed by atoms with Gasteiger partial charge in [0.15, 0.2) is 0 Å². The van der Waals surface area contributed by atoms with E-state index >= 15 is 0 Å². The molecule has 0 unspecified atom stereocenters. The molecule has 11 heteroatoms. The fraction of sp³-hybridized carbons (Fsp3) is 0.235. The van der Waals surface area contributed by atoms with Gasteiger partial charge in [0, 0.05) is 20.2 Å². The summed E-state index contributed by atoms with van der Waals surface area (Å²) in [5, 5.41) is 11.7. The number of nitrogens with two attached hydrogens (primary N) is 2. The first kappa shape index (κ1) is 23.2. The van der Waals surface area contributed by atoms with Crippen molar-refractivity contribution in [3.63, 3.8) is 0 Å². The molecule has 0 bridgehead atoms. The standard InChI is InChI=1S/C15H15ClF2N2O3.C2H6N2O/c1-20(19)12-3-2-4-13(23-15(17)18)10(12)8-22-14-6-5-9(21)7-11(14)16;1-4(3)2-5/h2-7,15,21H,8,19H2,1H3;2H,3H2,1H3. The van der Waals surface area contributed by atoms with Crippen molar-refractivity contribution in [1.29, 1.82) is 0 Å². The fourth-order valence-corrected chi connectivity index (χ4v) is 2.22. The van der Waals surface area contributed by atoms with Gasteiger partial charge in [-0.05, 0) is 24.3 Å². The van der Waals surface area contributed by atoms with Gasteiger partial charge in [0.2, 0.25) is 6.41 Å². The van der Waals surface area contributed by atoms with Gasteiger partial charge in [-0.2, -0.15) is 8.78 Å². The van der Waals surface area contributed by atoms with Gasteiger partial charge in [0.1, 0.15) is 23.9 Å². The number of hydrogen-bond acceptors (Lipinski definition) is 7. The number of ether oxygens (including phenoxy) is 2. The Labute approximate surface area is 165 Å². The largest absolute Gasteiger partial charge is 0.508 e. The van der Waals surface area contributed by atoms with E-state index < -0.39 is 6.61 Å². The average molecular weight is 419 g/mol. The van der Waals surface area contributed by atoms with Crippen molar-refractivity contribution in [3.8, 4) is 17.2 Å². The van der Waals surface area contributed by atoms with Crippen LogP contribution >= 0.6 is 11.6 Å². The van der Waals surface area contributed by atoms with E-state index in [1.165, 1.54) is 36.3 Å². The average Bonchev–Trinajstić information content (AvgIpc) is 2.61. The molecule has 28 heavy (non-hydrogen) atoms. The van der Waals surface area contributed by atoms with Gasteiger partial charge in [0.25, 0.3) is 0 Å². The second-order valence-corrected chi connectivity index (χ2v) is 5.82. The van der Waals surface area contributed by atoms with Gasteiger partial charge >= 0.3 is 6.61 Å². The molecule has 1 amide bonds. The summed E-state index contributed by atoms with van der Waals surface area (Å²) in [6, 6.07) is 8.78. The summed E-state index contributed by atoms with van der Waals surface area (Å²) in [5.41, 5.74) is 0.819. The molecule has 0 fully saturated rings. The predicted octanol–water partition coefficient (Wildman–Crippen LogP) is 2.48. The van der Waals surface area contributed by atoms with Crippen LogP contribution in [0.5, 0.6) is 17.2 Å². The van der Waals surface area contributed by atoms with Gasteiger partial charge in [-0.25, -0.2) is 11.7 Å². The molecule has 0 aliphatic rings. The third-order valence-corrected chi connectivity index (χ3v) is 3.45. The molecule has 0 aliphatic heterocycles. The third-order valence-electron chi connectivity index (χ3n) is 3.16. The number of phenols is 1. The van der Waals surface area contributed by atoms with E-state index in [2.05, 4.69) is 4.74 Å². The normalized spacial score (nSPS) is 10.0. The highest BCUT2D eigenvalue weighted by atomic mass is 35.5. The zero-order valence-electron chi connectivity index (χ0n) is 15.2. The van der Waals surface area contributed by atoms with E-state index in [1.54, 1.807) is 19.2 Å². The number of phenolic OH excluding ortho intramolecular Hbond substituents is 1. The molecule has 0 saturated heterocycles. The Morgan fingerprint density at radius 2 is 1.86 bits per heavy atom. The lowest BCUT2D eigenvalue weighted by molar-refractivity contribution is -0.117. The molecule has 2 aromatic rings. The number of aromatic hydroxyl groups is 1. The number of nitrogens with zero attached hydrogens (tertiary/aromatic N) is 2. The first-order valence-electron chi connectivity index (χ1n) is 7.75. The summed E-state index contributed by atoms with van der Waals surface area (Å²) in [4.78, 5) is 9.31. The number of halogens is 3. The SMILES string of the molecule is CN(N)C=O.CN(N)c1cccc(OC(F)F)c1COc1ccc(O)cc1Cl. The van der Waals surface area contributed by atoms with Crippen LogP contribution in [0.25, 0.3) is 0 Å². The van der Waals surface area contributed by atoms with Crippen LogP contribution in [0.4, 0.5) is 14.5 Å². The minimum Gasteiger partial charge on any atom is -0.508 e. The van der Waals surface area contributed by atoms with E-state index in [4.69, 9.17) is 28.0 Å². The molecule has 0 atom stereocenters. The Hall–Kier alpha value is -2.82. The number of hydrazine groups is 2. The molecule has 5 N–H and O–H groups in total. The number of carbonyl (C=O) groups is 1. The Bertz CT molecular complexity index is 779. The van der Waals surface area contributed by atoms with E-state index in [-0.39, 0.29) is 23.1 Å². The van der Waals surface area contributed by atoms with Crippen LogP contribution in [-0.4, -0.2) is 37.2 Å². The lowest BCUT2D eigenvalue weighted by atomic mass is 10.1. The van der Waals surface area contributed by atoms with Crippen LogP contribution < -0.4 is 26.2 Å². The van der Waals surface area contributed by atoms with Gasteiger partial charge < -0.3 is 19.6 Å². The first-order chi connectivity index (χ1) is 13.1. The van der Waals surface area contributed by atoms with Gasteiger partial charge in [-0.3, -0.25) is 9.80 Å². The highest BCUT2D eigenvalue weighted by Gasteiger charge is 2.16. The van der Waals surface area contributed by atoms with Crippen LogP contribution in [0.15, 0.2) is 36.4 Å². The molecule has 0 aromatic heterocycles. The second kappa shape index (κ2) is 11.1. The first-order valence-corrected chi connectivity index (χ1v) is 8.12. The maximum Gasteiger partial charge on any atom is 0.387 e. The lowest BCUT2D eigenvalue weighted by Gasteiger charge is -2.20. The summed E-state index contributed by atoms with van der Waals surface area (Å²) in [6.07, 6.45) is 0.528. The van der Waals surface area contributed by atoms with Crippen LogP contribution in [0.3, 0.4) is 0 Å². The summed E-state index contributed by atoms with van der Waals surface area (Å²) in [7, 11) is 3.03. The van der Waals surface area contributed by atoms with Gasteiger partial charge in [-0.15, -0.1) is 0 Å². The molecule has 154 valence electrons. The summed E-state index contributed by atoms with van der Waals surface area (Å²) >= 11 is 5.95. The van der Waals surface area contributed by atoms with E-state index in [1.807, 2.05) is 0 Å². The van der Waals surface area contributed by atoms with Crippen molar-refractivity contribution < 1.29 is 28.2 Å². The second-order valence-electron chi connectivity index (χ2n) is 5.42. The van der Waals surface area contributed by atoms with E-state index in [9.17, 15) is 18.7 Å². The predicted molar refractivity (Wildman–Crippen MR) is 101 cm³/mol. The Kier molecular flexibility index (Phi) is 9.22. The molecular formula is C17H21ClF2N4O4. The Morgan fingerprint density at radius 3 is 2.36 bits per heavy atom. The molecule has 8 nitrogen and oxygen atoms in total. The molecule has 2 aromatic carbocycles.